The van der Waals surface area contributed by atoms with E-state index in [0.29, 0.717) is 42.8 Å². The molecule has 140 valence electrons. The van der Waals surface area contributed by atoms with Gasteiger partial charge in [0.15, 0.2) is 17.5 Å². The summed E-state index contributed by atoms with van der Waals surface area (Å²) in [6.07, 6.45) is 0.832. The molecule has 0 saturated carbocycles. The van der Waals surface area contributed by atoms with Crippen molar-refractivity contribution >= 4 is 5.96 Å². The maximum atomic E-state index is 12.6. The third-order valence-electron chi connectivity index (χ3n) is 3.40. The van der Waals surface area contributed by atoms with E-state index in [1.165, 1.54) is 6.07 Å². The van der Waals surface area contributed by atoms with Crippen LogP contribution in [-0.4, -0.2) is 46.2 Å². The predicted molar refractivity (Wildman–Crippen MR) is 88.5 cm³/mol. The molecule has 0 bridgehead atoms. The van der Waals surface area contributed by atoms with E-state index in [2.05, 4.69) is 20.4 Å². The number of nitrogens with one attached hydrogen (secondary N) is 2. The zero-order valence-corrected chi connectivity index (χ0v) is 14.3. The zero-order valence-electron chi connectivity index (χ0n) is 14.3. The van der Waals surface area contributed by atoms with Crippen LogP contribution in [0.1, 0.15) is 18.9 Å². The summed E-state index contributed by atoms with van der Waals surface area (Å²) >= 11 is 0. The summed E-state index contributed by atoms with van der Waals surface area (Å²) < 4.78 is 45.6. The molecule has 1 aromatic rings. The van der Waals surface area contributed by atoms with Crippen LogP contribution in [0, 0.1) is 0 Å². The van der Waals surface area contributed by atoms with Crippen LogP contribution in [0.2, 0.25) is 0 Å². The Kier molecular flexibility index (Phi) is 7.52. The molecule has 0 aliphatic carbocycles. The Morgan fingerprint density at radius 1 is 1.28 bits per heavy atom. The van der Waals surface area contributed by atoms with E-state index in [4.69, 9.17) is 14.2 Å². The van der Waals surface area contributed by atoms with E-state index in [-0.39, 0.29) is 19.1 Å². The van der Waals surface area contributed by atoms with Crippen molar-refractivity contribution in [2.75, 3.05) is 33.6 Å². The molecule has 0 amide bonds. The van der Waals surface area contributed by atoms with Gasteiger partial charge in [0.25, 0.3) is 0 Å². The van der Waals surface area contributed by atoms with Gasteiger partial charge in [0.2, 0.25) is 6.79 Å². The van der Waals surface area contributed by atoms with Crippen molar-refractivity contribution in [1.82, 2.24) is 10.6 Å². The molecule has 2 N–H and O–H groups in total. The van der Waals surface area contributed by atoms with Gasteiger partial charge >= 0.3 is 6.61 Å². The van der Waals surface area contributed by atoms with Crippen molar-refractivity contribution in [3.63, 3.8) is 0 Å². The molecule has 1 heterocycles. The fraction of sp³-hybridized carbons (Fsp3) is 0.562. The summed E-state index contributed by atoms with van der Waals surface area (Å²) in [6.45, 7) is 1.35. The Hall–Kier alpha value is -2.29. The average Bonchev–Trinajstić information content (AvgIpc) is 3.04. The van der Waals surface area contributed by atoms with Gasteiger partial charge in [-0.15, -0.1) is 0 Å². The van der Waals surface area contributed by atoms with Gasteiger partial charge in [0.1, 0.15) is 5.75 Å². The quantitative estimate of drug-likeness (QED) is 0.400. The van der Waals surface area contributed by atoms with Crippen molar-refractivity contribution in [2.24, 2.45) is 4.99 Å². The number of hydrogen-bond donors (Lipinski definition) is 2. The highest BCUT2D eigenvalue weighted by Crippen LogP contribution is 2.38. The number of guanidine groups is 1. The summed E-state index contributed by atoms with van der Waals surface area (Å²) in [4.78, 5) is 4.09. The van der Waals surface area contributed by atoms with Crippen molar-refractivity contribution in [3.05, 3.63) is 17.7 Å². The van der Waals surface area contributed by atoms with E-state index in [1.807, 2.05) is 6.92 Å². The van der Waals surface area contributed by atoms with E-state index >= 15 is 0 Å². The second-order valence-corrected chi connectivity index (χ2v) is 5.09. The molecule has 7 nitrogen and oxygen atoms in total. The summed E-state index contributed by atoms with van der Waals surface area (Å²) in [7, 11) is 1.63. The van der Waals surface area contributed by atoms with Crippen LogP contribution in [-0.2, 0) is 11.3 Å². The number of benzene rings is 1. The lowest BCUT2D eigenvalue weighted by atomic mass is 10.1. The topological polar surface area (TPSA) is 73.3 Å². The molecule has 1 aromatic carbocycles. The van der Waals surface area contributed by atoms with Crippen molar-refractivity contribution in [3.8, 4) is 17.2 Å². The number of nitrogens with zero attached hydrogens (tertiary/aromatic N) is 1. The van der Waals surface area contributed by atoms with Gasteiger partial charge in [-0.05, 0) is 19.4 Å². The number of rotatable bonds is 9. The standard InChI is InChI=1S/C16H23F2N3O4/c1-3-22-6-4-5-20-16(19-2)21-9-11-7-13-14(24-10-23-13)8-12(11)25-15(17)18/h7-8,15H,3-6,9-10H2,1-2H3,(H2,19,20,21). The highest BCUT2D eigenvalue weighted by molar-refractivity contribution is 5.79. The van der Waals surface area contributed by atoms with E-state index in [1.54, 1.807) is 13.1 Å². The maximum absolute atomic E-state index is 12.6. The molecule has 25 heavy (non-hydrogen) atoms. The molecule has 0 spiro atoms. The molecule has 0 saturated heterocycles. The summed E-state index contributed by atoms with van der Waals surface area (Å²) in [5.74, 6) is 1.48. The highest BCUT2D eigenvalue weighted by Gasteiger charge is 2.20. The summed E-state index contributed by atoms with van der Waals surface area (Å²) in [6, 6.07) is 3.03. The van der Waals surface area contributed by atoms with Crippen LogP contribution in [0.4, 0.5) is 8.78 Å². The third-order valence-corrected chi connectivity index (χ3v) is 3.40. The minimum atomic E-state index is -2.92. The molecule has 0 radical (unpaired) electrons. The summed E-state index contributed by atoms with van der Waals surface area (Å²) in [5, 5.41) is 6.18. The number of fused-ring (bicyclic) bond motifs is 1. The van der Waals surface area contributed by atoms with Crippen LogP contribution in [0.3, 0.4) is 0 Å². The third kappa shape index (κ3) is 5.93. The van der Waals surface area contributed by atoms with Crippen LogP contribution >= 0.6 is 0 Å². The molecule has 1 aliphatic rings. The van der Waals surface area contributed by atoms with Gasteiger partial charge in [-0.25, -0.2) is 0 Å². The first kappa shape index (κ1) is 19.0. The lowest BCUT2D eigenvalue weighted by Crippen LogP contribution is -2.37. The van der Waals surface area contributed by atoms with Crippen molar-refractivity contribution < 1.29 is 27.7 Å². The van der Waals surface area contributed by atoms with Crippen LogP contribution < -0.4 is 24.8 Å². The fourth-order valence-electron chi connectivity index (χ4n) is 2.23. The number of hydrogen-bond acceptors (Lipinski definition) is 5. The van der Waals surface area contributed by atoms with E-state index in [0.717, 1.165) is 6.42 Å². The first-order valence-corrected chi connectivity index (χ1v) is 8.03. The van der Waals surface area contributed by atoms with Crippen molar-refractivity contribution in [2.45, 2.75) is 26.5 Å². The molecular weight excluding hydrogens is 336 g/mol. The molecule has 0 atom stereocenters. The first-order chi connectivity index (χ1) is 12.1. The molecule has 0 aromatic heterocycles. The Bertz CT molecular complexity index is 585. The molecule has 9 heteroatoms. The Morgan fingerprint density at radius 2 is 2.04 bits per heavy atom. The Labute approximate surface area is 145 Å². The molecule has 0 fully saturated rings. The van der Waals surface area contributed by atoms with Gasteiger partial charge in [-0.2, -0.15) is 8.78 Å². The maximum Gasteiger partial charge on any atom is 0.387 e. The number of alkyl halides is 2. The van der Waals surface area contributed by atoms with E-state index in [9.17, 15) is 8.78 Å². The van der Waals surface area contributed by atoms with Crippen molar-refractivity contribution in [1.29, 1.82) is 0 Å². The smallest absolute Gasteiger partial charge is 0.387 e. The van der Waals surface area contributed by atoms with Crippen LogP contribution in [0.25, 0.3) is 0 Å². The van der Waals surface area contributed by atoms with Crippen LogP contribution in [0.5, 0.6) is 17.2 Å². The predicted octanol–water partition coefficient (Wildman–Crippen LogP) is 2.11. The number of halogens is 2. The van der Waals surface area contributed by atoms with Gasteiger partial charge < -0.3 is 29.6 Å². The van der Waals surface area contributed by atoms with Gasteiger partial charge in [0, 0.05) is 45.0 Å². The zero-order chi connectivity index (χ0) is 18.1. The molecular formula is C16H23F2N3O4. The second kappa shape index (κ2) is 9.87. The van der Waals surface area contributed by atoms with Gasteiger partial charge in [-0.1, -0.05) is 0 Å². The monoisotopic (exact) mass is 359 g/mol. The largest absolute Gasteiger partial charge is 0.454 e. The lowest BCUT2D eigenvalue weighted by Gasteiger charge is -2.15. The average molecular weight is 359 g/mol. The molecule has 2 rings (SSSR count). The lowest BCUT2D eigenvalue weighted by molar-refractivity contribution is -0.0505. The minimum absolute atomic E-state index is 0.0403. The van der Waals surface area contributed by atoms with Gasteiger partial charge in [-0.3, -0.25) is 4.99 Å². The first-order valence-electron chi connectivity index (χ1n) is 8.03. The second-order valence-electron chi connectivity index (χ2n) is 5.09. The summed E-state index contributed by atoms with van der Waals surface area (Å²) in [5.41, 5.74) is 0.516. The molecule has 1 aliphatic heterocycles. The number of ether oxygens (including phenoxy) is 4. The Balaban J connectivity index is 1.94. The number of aliphatic imine (C=N–C) groups is 1. The van der Waals surface area contributed by atoms with E-state index < -0.39 is 6.61 Å². The van der Waals surface area contributed by atoms with Crippen LogP contribution in [0.15, 0.2) is 17.1 Å². The fourth-order valence-corrected chi connectivity index (χ4v) is 2.23. The SMILES string of the molecule is CCOCCCNC(=NC)NCc1cc2c(cc1OC(F)F)OCO2. The highest BCUT2D eigenvalue weighted by atomic mass is 19.3. The minimum Gasteiger partial charge on any atom is -0.454 e. The van der Waals surface area contributed by atoms with Gasteiger partial charge in [0.05, 0.1) is 0 Å². The molecule has 0 unspecified atom stereocenters. The Morgan fingerprint density at radius 3 is 2.72 bits per heavy atom. The normalized spacial score (nSPS) is 13.2.